The minimum Gasteiger partial charge on any atom is -0.393 e. The number of fused-ring (bicyclic) bond motifs is 5. The maximum atomic E-state index is 11.0. The molecule has 4 aliphatic carbocycles. The Bertz CT molecular complexity index is 599. The lowest BCUT2D eigenvalue weighted by Crippen LogP contribution is -2.60. The largest absolute Gasteiger partial charge is 0.393 e. The first-order valence-corrected chi connectivity index (χ1v) is 9.91. The molecule has 140 valence electrons. The van der Waals surface area contributed by atoms with E-state index in [0.717, 1.165) is 32.1 Å². The molecular formula is C21H32O4. The molecular weight excluding hydrogens is 316 g/mol. The Morgan fingerprint density at radius 2 is 1.68 bits per heavy atom. The first kappa shape index (κ1) is 17.8. The molecule has 0 saturated heterocycles. The highest BCUT2D eigenvalue weighted by atomic mass is 16.3. The topological polar surface area (TPSA) is 80.9 Å². The highest BCUT2D eigenvalue weighted by Crippen LogP contribution is 2.68. The molecule has 0 amide bonds. The van der Waals surface area contributed by atoms with Gasteiger partial charge in [-0.1, -0.05) is 19.8 Å². The number of aliphatic hydroxyl groups excluding tert-OH is 3. The predicted molar refractivity (Wildman–Crippen MR) is 94.3 cm³/mol. The fourth-order valence-corrected chi connectivity index (χ4v) is 7.49. The second-order valence-corrected chi connectivity index (χ2v) is 9.84. The fraction of sp³-hybridized carbons (Fsp3) is 0.905. The summed E-state index contributed by atoms with van der Waals surface area (Å²) < 4.78 is 0. The maximum absolute atomic E-state index is 11.0. The Morgan fingerprint density at radius 1 is 0.960 bits per heavy atom. The third kappa shape index (κ3) is 2.10. The quantitative estimate of drug-likeness (QED) is 0.502. The van der Waals surface area contributed by atoms with E-state index in [2.05, 4.69) is 12.8 Å². The highest BCUT2D eigenvalue weighted by Gasteiger charge is 2.68. The predicted octanol–water partition coefficient (Wildman–Crippen LogP) is 1.70. The van der Waals surface area contributed by atoms with Crippen LogP contribution in [0.25, 0.3) is 0 Å². The van der Waals surface area contributed by atoms with Gasteiger partial charge in [0.1, 0.15) is 0 Å². The molecule has 0 aliphatic heterocycles. The van der Waals surface area contributed by atoms with Gasteiger partial charge in [0.2, 0.25) is 0 Å². The summed E-state index contributed by atoms with van der Waals surface area (Å²) in [6.07, 6.45) is 9.57. The van der Waals surface area contributed by atoms with Crippen molar-refractivity contribution >= 4 is 0 Å². The molecule has 0 aromatic carbocycles. The molecule has 4 aliphatic rings. The number of hydrogen-bond donors (Lipinski definition) is 4. The van der Waals surface area contributed by atoms with E-state index in [0.29, 0.717) is 24.7 Å². The van der Waals surface area contributed by atoms with E-state index in [1.165, 1.54) is 0 Å². The van der Waals surface area contributed by atoms with E-state index in [9.17, 15) is 20.4 Å². The summed E-state index contributed by atoms with van der Waals surface area (Å²) >= 11 is 0. The second-order valence-electron chi connectivity index (χ2n) is 9.84. The smallest absolute Gasteiger partial charge is 0.156 e. The van der Waals surface area contributed by atoms with E-state index in [-0.39, 0.29) is 23.4 Å². The van der Waals surface area contributed by atoms with Crippen molar-refractivity contribution in [3.8, 4) is 12.3 Å². The Balaban J connectivity index is 1.72. The van der Waals surface area contributed by atoms with Gasteiger partial charge in [0.15, 0.2) is 5.60 Å². The van der Waals surface area contributed by atoms with Gasteiger partial charge in [-0.15, -0.1) is 6.42 Å². The summed E-state index contributed by atoms with van der Waals surface area (Å²) in [7, 11) is 0. The first-order chi connectivity index (χ1) is 11.7. The lowest BCUT2D eigenvalue weighted by Gasteiger charge is -2.62. The molecule has 4 nitrogen and oxygen atoms in total. The second kappa shape index (κ2) is 5.45. The van der Waals surface area contributed by atoms with Crippen LogP contribution in [0.1, 0.15) is 58.8 Å². The summed E-state index contributed by atoms with van der Waals surface area (Å²) in [5.74, 6) is 3.35. The van der Waals surface area contributed by atoms with E-state index in [1.54, 1.807) is 0 Å². The number of hydrogen-bond acceptors (Lipinski definition) is 4. The van der Waals surface area contributed by atoms with Gasteiger partial charge in [-0.05, 0) is 74.0 Å². The third-order valence-corrected chi connectivity index (χ3v) is 9.10. The summed E-state index contributed by atoms with van der Waals surface area (Å²) in [5.41, 5.74) is -1.91. The number of terminal acetylenes is 1. The van der Waals surface area contributed by atoms with Gasteiger partial charge < -0.3 is 20.4 Å². The van der Waals surface area contributed by atoms with Crippen LogP contribution in [0.4, 0.5) is 0 Å². The monoisotopic (exact) mass is 348 g/mol. The van der Waals surface area contributed by atoms with E-state index in [4.69, 9.17) is 6.42 Å². The minimum atomic E-state index is -1.50. The molecule has 0 radical (unpaired) electrons. The Hall–Kier alpha value is -0.600. The molecule has 0 aromatic heterocycles. The van der Waals surface area contributed by atoms with Crippen molar-refractivity contribution in [3.63, 3.8) is 0 Å². The SMILES string of the molecule is C#C[C@@]1(O)[C@@H](O)CC2C3C(O)C[C@@H]4C[C@H](O)CC[C@]4(C)C3CC[C@@]21C. The zero-order chi connectivity index (χ0) is 18.2. The standard InChI is InChI=1S/C21H32O4/c1-4-21(25)17(24)11-15-18-14(6-8-20(15,21)3)19(2)7-5-13(22)9-12(19)10-16(18)23/h1,12-18,22-25H,5-11H2,2-3H3/t12-,13+,14?,15?,16?,17-,18?,19-,20-,21+/m0/s1. The van der Waals surface area contributed by atoms with Crippen LogP contribution in [0.5, 0.6) is 0 Å². The molecule has 10 atom stereocenters. The molecule has 4 rings (SSSR count). The lowest BCUT2D eigenvalue weighted by atomic mass is 9.43. The van der Waals surface area contributed by atoms with Crippen LogP contribution >= 0.6 is 0 Å². The van der Waals surface area contributed by atoms with Gasteiger partial charge in [-0.3, -0.25) is 0 Å². The summed E-state index contributed by atoms with van der Waals surface area (Å²) in [4.78, 5) is 0. The lowest BCUT2D eigenvalue weighted by molar-refractivity contribution is -0.186. The van der Waals surface area contributed by atoms with Crippen LogP contribution in [-0.2, 0) is 0 Å². The molecule has 4 fully saturated rings. The number of aliphatic hydroxyl groups is 4. The van der Waals surface area contributed by atoms with Crippen molar-refractivity contribution in [2.75, 3.05) is 0 Å². The van der Waals surface area contributed by atoms with Gasteiger partial charge in [0.05, 0.1) is 18.3 Å². The van der Waals surface area contributed by atoms with Crippen molar-refractivity contribution in [1.82, 2.24) is 0 Å². The van der Waals surface area contributed by atoms with E-state index < -0.39 is 23.2 Å². The Labute approximate surface area is 150 Å². The molecule has 0 bridgehead atoms. The zero-order valence-electron chi connectivity index (χ0n) is 15.4. The van der Waals surface area contributed by atoms with Crippen molar-refractivity contribution < 1.29 is 20.4 Å². The molecule has 4 N–H and O–H groups in total. The van der Waals surface area contributed by atoms with Gasteiger partial charge in [0, 0.05) is 5.41 Å². The summed E-state index contributed by atoms with van der Waals surface area (Å²) in [6.45, 7) is 4.35. The zero-order valence-corrected chi connectivity index (χ0v) is 15.4. The minimum absolute atomic E-state index is 0.0434. The Morgan fingerprint density at radius 3 is 2.36 bits per heavy atom. The van der Waals surface area contributed by atoms with Gasteiger partial charge in [-0.25, -0.2) is 0 Å². The van der Waals surface area contributed by atoms with Crippen LogP contribution in [-0.4, -0.2) is 44.3 Å². The average Bonchev–Trinajstić information content (AvgIpc) is 2.77. The Kier molecular flexibility index (Phi) is 3.88. The molecule has 4 saturated carbocycles. The van der Waals surface area contributed by atoms with Crippen LogP contribution in [0, 0.1) is 46.8 Å². The van der Waals surface area contributed by atoms with Crippen molar-refractivity contribution in [3.05, 3.63) is 0 Å². The average molecular weight is 348 g/mol. The molecule has 0 aromatic rings. The summed E-state index contributed by atoms with van der Waals surface area (Å²) in [6, 6.07) is 0. The summed E-state index contributed by atoms with van der Waals surface area (Å²) in [5, 5.41) is 42.7. The van der Waals surface area contributed by atoms with Crippen molar-refractivity contribution in [2.45, 2.75) is 82.7 Å². The molecule has 4 unspecified atom stereocenters. The van der Waals surface area contributed by atoms with Gasteiger partial charge in [-0.2, -0.15) is 0 Å². The maximum Gasteiger partial charge on any atom is 0.156 e. The van der Waals surface area contributed by atoms with Gasteiger partial charge >= 0.3 is 0 Å². The van der Waals surface area contributed by atoms with E-state index >= 15 is 0 Å². The van der Waals surface area contributed by atoms with Crippen LogP contribution in [0.2, 0.25) is 0 Å². The molecule has 0 spiro atoms. The number of rotatable bonds is 0. The first-order valence-electron chi connectivity index (χ1n) is 9.91. The van der Waals surface area contributed by atoms with E-state index in [1.807, 2.05) is 6.92 Å². The van der Waals surface area contributed by atoms with Gasteiger partial charge in [0.25, 0.3) is 0 Å². The van der Waals surface area contributed by atoms with Crippen molar-refractivity contribution in [2.24, 2.45) is 34.5 Å². The fourth-order valence-electron chi connectivity index (χ4n) is 7.49. The highest BCUT2D eigenvalue weighted by molar-refractivity contribution is 5.27. The molecule has 0 heterocycles. The van der Waals surface area contributed by atoms with Crippen LogP contribution in [0.15, 0.2) is 0 Å². The van der Waals surface area contributed by atoms with Crippen LogP contribution in [0.3, 0.4) is 0 Å². The normalized spacial score (nSPS) is 60.9. The van der Waals surface area contributed by atoms with Crippen LogP contribution < -0.4 is 0 Å². The van der Waals surface area contributed by atoms with Crippen molar-refractivity contribution in [1.29, 1.82) is 0 Å². The third-order valence-electron chi connectivity index (χ3n) is 9.10. The molecule has 25 heavy (non-hydrogen) atoms. The molecule has 4 heteroatoms.